The predicted molar refractivity (Wildman–Crippen MR) is 63.0 cm³/mol. The van der Waals surface area contributed by atoms with Crippen LogP contribution >= 0.6 is 0 Å². The summed E-state index contributed by atoms with van der Waals surface area (Å²) in [5.41, 5.74) is 1.34. The van der Waals surface area contributed by atoms with Gasteiger partial charge in [-0.15, -0.1) is 0 Å². The van der Waals surface area contributed by atoms with Crippen molar-refractivity contribution >= 4 is 11.4 Å². The van der Waals surface area contributed by atoms with Crippen LogP contribution in [0.4, 0.5) is 15.8 Å². The van der Waals surface area contributed by atoms with Crippen molar-refractivity contribution < 1.29 is 9.13 Å². The lowest BCUT2D eigenvalue weighted by atomic mass is 10.2. The van der Waals surface area contributed by atoms with Gasteiger partial charge in [-0.1, -0.05) is 0 Å². The third kappa shape index (κ3) is 2.35. The zero-order chi connectivity index (χ0) is 13.0. The van der Waals surface area contributed by atoms with Gasteiger partial charge in [-0.3, -0.25) is 4.98 Å². The smallest absolute Gasteiger partial charge is 0.250 e. The van der Waals surface area contributed by atoms with Gasteiger partial charge in [0.1, 0.15) is 6.07 Å². The van der Waals surface area contributed by atoms with E-state index in [2.05, 4.69) is 15.3 Å². The van der Waals surface area contributed by atoms with E-state index in [1.165, 1.54) is 31.8 Å². The van der Waals surface area contributed by atoms with E-state index < -0.39 is 5.82 Å². The van der Waals surface area contributed by atoms with E-state index in [9.17, 15) is 4.39 Å². The van der Waals surface area contributed by atoms with Gasteiger partial charge < -0.3 is 10.1 Å². The Morgan fingerprint density at radius 1 is 1.44 bits per heavy atom. The number of methoxy groups -OCH3 is 1. The number of rotatable bonds is 3. The van der Waals surface area contributed by atoms with Gasteiger partial charge in [-0.2, -0.15) is 5.26 Å². The van der Waals surface area contributed by atoms with Crippen LogP contribution in [0, 0.1) is 17.1 Å². The fourth-order valence-electron chi connectivity index (χ4n) is 1.39. The number of hydrogen-bond donors (Lipinski definition) is 1. The maximum absolute atomic E-state index is 13.4. The largest absolute Gasteiger partial charge is 0.479 e. The van der Waals surface area contributed by atoms with Crippen LogP contribution in [-0.4, -0.2) is 17.1 Å². The molecule has 0 aromatic carbocycles. The fraction of sp³-hybridized carbons (Fsp3) is 0.0833. The molecular formula is C12H9FN4O. The van der Waals surface area contributed by atoms with Gasteiger partial charge in [-0.25, -0.2) is 9.37 Å². The normalized spacial score (nSPS) is 9.61. The molecule has 18 heavy (non-hydrogen) atoms. The van der Waals surface area contributed by atoms with E-state index >= 15 is 0 Å². The molecule has 0 aliphatic carbocycles. The summed E-state index contributed by atoms with van der Waals surface area (Å²) in [5, 5.41) is 11.8. The summed E-state index contributed by atoms with van der Waals surface area (Å²) in [4.78, 5) is 7.62. The Morgan fingerprint density at radius 3 is 2.94 bits per heavy atom. The molecular weight excluding hydrogens is 235 g/mol. The molecule has 0 aliphatic heterocycles. The maximum Gasteiger partial charge on any atom is 0.250 e. The first-order chi connectivity index (χ1) is 8.74. The summed E-state index contributed by atoms with van der Waals surface area (Å²) in [6.07, 6.45) is 4.38. The summed E-state index contributed by atoms with van der Waals surface area (Å²) in [5.74, 6) is -0.647. The van der Waals surface area contributed by atoms with E-state index in [1.807, 2.05) is 6.07 Å². The molecule has 0 amide bonds. The molecule has 0 fully saturated rings. The Hall–Kier alpha value is -2.68. The topological polar surface area (TPSA) is 70.8 Å². The third-order valence-electron chi connectivity index (χ3n) is 2.22. The highest BCUT2D eigenvalue weighted by Gasteiger charge is 2.07. The number of pyridine rings is 2. The van der Waals surface area contributed by atoms with Gasteiger partial charge >= 0.3 is 0 Å². The minimum atomic E-state index is -0.574. The Bertz CT molecular complexity index is 609. The summed E-state index contributed by atoms with van der Waals surface area (Å²) in [7, 11) is 1.34. The highest BCUT2D eigenvalue weighted by Crippen LogP contribution is 2.22. The number of nitriles is 1. The second-order valence-electron chi connectivity index (χ2n) is 3.37. The van der Waals surface area contributed by atoms with Crippen LogP contribution < -0.4 is 10.1 Å². The van der Waals surface area contributed by atoms with Crippen LogP contribution in [0.5, 0.6) is 5.88 Å². The Labute approximate surface area is 103 Å². The third-order valence-corrected chi connectivity index (χ3v) is 2.22. The van der Waals surface area contributed by atoms with Crippen molar-refractivity contribution in [2.75, 3.05) is 12.4 Å². The van der Waals surface area contributed by atoms with Gasteiger partial charge in [0.15, 0.2) is 5.82 Å². The Balaban J connectivity index is 2.29. The van der Waals surface area contributed by atoms with E-state index in [1.54, 1.807) is 6.07 Å². The molecule has 0 spiro atoms. The first kappa shape index (κ1) is 11.8. The summed E-state index contributed by atoms with van der Waals surface area (Å²) in [6.45, 7) is 0. The molecule has 6 heteroatoms. The molecule has 0 bridgehead atoms. The molecule has 0 saturated heterocycles. The molecule has 0 atom stereocenters. The molecule has 2 heterocycles. The van der Waals surface area contributed by atoms with E-state index in [0.29, 0.717) is 16.9 Å². The zero-order valence-electron chi connectivity index (χ0n) is 9.51. The number of anilines is 2. The number of hydrogen-bond acceptors (Lipinski definition) is 5. The molecule has 0 radical (unpaired) electrons. The predicted octanol–water partition coefficient (Wildman–Crippen LogP) is 2.24. The number of nitrogens with zero attached hydrogens (tertiary/aromatic N) is 3. The van der Waals surface area contributed by atoms with Crippen LogP contribution in [0.25, 0.3) is 0 Å². The lowest BCUT2D eigenvalue weighted by Crippen LogP contribution is -1.98. The van der Waals surface area contributed by atoms with Gasteiger partial charge in [0.25, 0.3) is 0 Å². The van der Waals surface area contributed by atoms with E-state index in [-0.39, 0.29) is 5.88 Å². The average Bonchev–Trinajstić information content (AvgIpc) is 2.39. The molecule has 0 saturated carbocycles. The van der Waals surface area contributed by atoms with Gasteiger partial charge in [0.2, 0.25) is 5.88 Å². The van der Waals surface area contributed by atoms with Crippen LogP contribution in [0.2, 0.25) is 0 Å². The number of halogens is 1. The van der Waals surface area contributed by atoms with Crippen LogP contribution in [0.1, 0.15) is 5.56 Å². The molecule has 2 rings (SSSR count). The zero-order valence-corrected chi connectivity index (χ0v) is 9.51. The van der Waals surface area contributed by atoms with Gasteiger partial charge in [0, 0.05) is 18.5 Å². The van der Waals surface area contributed by atoms with E-state index in [4.69, 9.17) is 10.00 Å². The number of aromatic nitrogens is 2. The highest BCUT2D eigenvalue weighted by atomic mass is 19.1. The molecule has 90 valence electrons. The van der Waals surface area contributed by atoms with Crippen LogP contribution in [-0.2, 0) is 0 Å². The van der Waals surface area contributed by atoms with Crippen molar-refractivity contribution in [1.29, 1.82) is 5.26 Å². The first-order valence-electron chi connectivity index (χ1n) is 5.05. The lowest BCUT2D eigenvalue weighted by Gasteiger charge is -2.08. The molecule has 2 aromatic heterocycles. The number of ether oxygens (including phenoxy) is 1. The van der Waals surface area contributed by atoms with Crippen molar-refractivity contribution in [2.24, 2.45) is 0 Å². The Kier molecular flexibility index (Phi) is 3.34. The van der Waals surface area contributed by atoms with Crippen LogP contribution in [0.15, 0.2) is 30.7 Å². The minimum absolute atomic E-state index is 0.0733. The fourth-order valence-corrected chi connectivity index (χ4v) is 1.39. The molecule has 1 N–H and O–H groups in total. The van der Waals surface area contributed by atoms with Crippen molar-refractivity contribution in [1.82, 2.24) is 9.97 Å². The second kappa shape index (κ2) is 5.10. The molecule has 0 unspecified atom stereocenters. The minimum Gasteiger partial charge on any atom is -0.479 e. The average molecular weight is 244 g/mol. The van der Waals surface area contributed by atoms with Crippen molar-refractivity contribution in [3.05, 3.63) is 42.1 Å². The van der Waals surface area contributed by atoms with Gasteiger partial charge in [-0.05, 0) is 6.07 Å². The maximum atomic E-state index is 13.4. The molecule has 2 aromatic rings. The number of nitrogens with one attached hydrogen (secondary N) is 1. The van der Waals surface area contributed by atoms with Crippen molar-refractivity contribution in [2.45, 2.75) is 0 Å². The summed E-state index contributed by atoms with van der Waals surface area (Å²) < 4.78 is 18.1. The van der Waals surface area contributed by atoms with Gasteiger partial charge in [0.05, 0.1) is 30.2 Å². The summed E-state index contributed by atoms with van der Waals surface area (Å²) in [6, 6.07) is 4.86. The van der Waals surface area contributed by atoms with Crippen LogP contribution in [0.3, 0.4) is 0 Å². The van der Waals surface area contributed by atoms with E-state index in [0.717, 1.165) is 0 Å². The quantitative estimate of drug-likeness (QED) is 0.896. The lowest BCUT2D eigenvalue weighted by molar-refractivity contribution is 0.369. The van der Waals surface area contributed by atoms with Crippen molar-refractivity contribution in [3.63, 3.8) is 0 Å². The SMILES string of the molecule is COc1ncc(Nc2ccncc2C#N)cc1F. The highest BCUT2D eigenvalue weighted by molar-refractivity contribution is 5.65. The summed E-state index contributed by atoms with van der Waals surface area (Å²) >= 11 is 0. The monoisotopic (exact) mass is 244 g/mol. The van der Waals surface area contributed by atoms with Crippen molar-refractivity contribution in [3.8, 4) is 11.9 Å². The molecule has 0 aliphatic rings. The Morgan fingerprint density at radius 2 is 2.28 bits per heavy atom. The standard InChI is InChI=1S/C12H9FN4O/c1-18-12-10(13)4-9(7-16-12)17-11-2-3-15-6-8(11)5-14/h2-4,6-7H,1H3,(H,15,17). The second-order valence-corrected chi connectivity index (χ2v) is 3.37. The molecule has 5 nitrogen and oxygen atoms in total. The first-order valence-corrected chi connectivity index (χ1v) is 5.05.